The largest absolute Gasteiger partial charge is 0.368 e. The van der Waals surface area contributed by atoms with Crippen molar-refractivity contribution < 1.29 is 9.59 Å². The third kappa shape index (κ3) is 4.45. The van der Waals surface area contributed by atoms with Crippen LogP contribution in [0.4, 0.5) is 5.95 Å². The number of nitrogens with zero attached hydrogens (tertiary/aromatic N) is 5. The number of hydrogen-bond donors (Lipinski definition) is 1. The maximum absolute atomic E-state index is 12.8. The van der Waals surface area contributed by atoms with Gasteiger partial charge in [-0.15, -0.1) is 0 Å². The Morgan fingerprint density at radius 2 is 1.80 bits per heavy atom. The molecule has 1 aliphatic rings. The lowest BCUT2D eigenvalue weighted by Crippen LogP contribution is -2.59. The first-order valence-corrected chi connectivity index (χ1v) is 8.49. The average molecular weight is 348 g/mol. The first kappa shape index (κ1) is 19.1. The van der Waals surface area contributed by atoms with Gasteiger partial charge in [-0.05, 0) is 32.9 Å². The SMILES string of the molecule is Cc1nc(N)nc(C)c1CCC(=O)N1CCN(C)CC1C(=O)N(C)C. The Balaban J connectivity index is 2.09. The fourth-order valence-corrected chi connectivity index (χ4v) is 3.23. The summed E-state index contributed by atoms with van der Waals surface area (Å²) in [5.41, 5.74) is 8.21. The molecule has 1 aromatic heterocycles. The van der Waals surface area contributed by atoms with E-state index in [1.807, 2.05) is 20.9 Å². The minimum atomic E-state index is -0.425. The summed E-state index contributed by atoms with van der Waals surface area (Å²) in [6.45, 7) is 5.64. The van der Waals surface area contributed by atoms with Crippen molar-refractivity contribution in [1.29, 1.82) is 0 Å². The zero-order chi connectivity index (χ0) is 18.7. The molecule has 0 spiro atoms. The molecule has 1 saturated heterocycles. The Kier molecular flexibility index (Phi) is 5.94. The maximum Gasteiger partial charge on any atom is 0.246 e. The standard InChI is InChI=1S/C17H28N6O2/c1-11-13(12(2)20-17(18)19-11)6-7-15(24)23-9-8-22(5)10-14(23)16(25)21(3)4/h14H,6-10H2,1-5H3,(H2,18,19,20). The Labute approximate surface area is 149 Å². The first-order chi connectivity index (χ1) is 11.7. The van der Waals surface area contributed by atoms with Crippen molar-refractivity contribution in [2.75, 3.05) is 46.5 Å². The lowest BCUT2D eigenvalue weighted by molar-refractivity contribution is -0.147. The van der Waals surface area contributed by atoms with Crippen LogP contribution >= 0.6 is 0 Å². The second kappa shape index (κ2) is 7.77. The van der Waals surface area contributed by atoms with Gasteiger partial charge in [0.1, 0.15) is 6.04 Å². The molecule has 2 rings (SSSR count). The number of aromatic nitrogens is 2. The predicted molar refractivity (Wildman–Crippen MR) is 95.9 cm³/mol. The number of nitrogen functional groups attached to an aromatic ring is 1. The van der Waals surface area contributed by atoms with E-state index >= 15 is 0 Å². The average Bonchev–Trinajstić information content (AvgIpc) is 2.52. The van der Waals surface area contributed by atoms with Crippen LogP contribution in [0.3, 0.4) is 0 Å². The Bertz CT molecular complexity index is 638. The molecular weight excluding hydrogens is 320 g/mol. The van der Waals surface area contributed by atoms with Crippen LogP contribution in [-0.4, -0.2) is 83.3 Å². The number of piperazine rings is 1. The Hall–Kier alpha value is -2.22. The van der Waals surface area contributed by atoms with Gasteiger partial charge in [-0.25, -0.2) is 9.97 Å². The van der Waals surface area contributed by atoms with Crippen LogP contribution in [0, 0.1) is 13.8 Å². The highest BCUT2D eigenvalue weighted by molar-refractivity contribution is 5.88. The number of nitrogens with two attached hydrogens (primary N) is 1. The van der Waals surface area contributed by atoms with E-state index in [1.54, 1.807) is 23.9 Å². The predicted octanol–water partition coefficient (Wildman–Crippen LogP) is -0.161. The minimum absolute atomic E-state index is 0.0103. The van der Waals surface area contributed by atoms with E-state index in [2.05, 4.69) is 14.9 Å². The quantitative estimate of drug-likeness (QED) is 0.812. The molecule has 0 aromatic carbocycles. The summed E-state index contributed by atoms with van der Waals surface area (Å²) >= 11 is 0. The molecule has 1 fully saturated rings. The van der Waals surface area contributed by atoms with E-state index in [0.29, 0.717) is 25.9 Å². The van der Waals surface area contributed by atoms with E-state index in [1.165, 1.54) is 0 Å². The normalized spacial score (nSPS) is 18.3. The molecular formula is C17H28N6O2. The summed E-state index contributed by atoms with van der Waals surface area (Å²) < 4.78 is 0. The second-order valence-electron chi connectivity index (χ2n) is 6.83. The summed E-state index contributed by atoms with van der Waals surface area (Å²) in [6.07, 6.45) is 0.877. The van der Waals surface area contributed by atoms with Crippen molar-refractivity contribution in [2.45, 2.75) is 32.7 Å². The van der Waals surface area contributed by atoms with Gasteiger partial charge in [-0.3, -0.25) is 9.59 Å². The van der Waals surface area contributed by atoms with E-state index in [4.69, 9.17) is 5.73 Å². The van der Waals surface area contributed by atoms with Gasteiger partial charge in [0.2, 0.25) is 17.8 Å². The molecule has 1 aliphatic heterocycles. The molecule has 0 aliphatic carbocycles. The molecule has 138 valence electrons. The molecule has 1 atom stereocenters. The van der Waals surface area contributed by atoms with Gasteiger partial charge < -0.3 is 20.4 Å². The Morgan fingerprint density at radius 3 is 2.36 bits per heavy atom. The van der Waals surface area contributed by atoms with Gasteiger partial charge >= 0.3 is 0 Å². The molecule has 25 heavy (non-hydrogen) atoms. The zero-order valence-electron chi connectivity index (χ0n) is 15.7. The van der Waals surface area contributed by atoms with Crippen LogP contribution in [0.15, 0.2) is 0 Å². The highest BCUT2D eigenvalue weighted by Gasteiger charge is 2.34. The minimum Gasteiger partial charge on any atom is -0.368 e. The summed E-state index contributed by atoms with van der Waals surface area (Å²) in [4.78, 5) is 38.9. The highest BCUT2D eigenvalue weighted by Crippen LogP contribution is 2.17. The molecule has 2 N–H and O–H groups in total. The lowest BCUT2D eigenvalue weighted by Gasteiger charge is -2.40. The van der Waals surface area contributed by atoms with Gasteiger partial charge in [0.15, 0.2) is 0 Å². The molecule has 0 bridgehead atoms. The molecule has 1 unspecified atom stereocenters. The molecule has 8 nitrogen and oxygen atoms in total. The second-order valence-corrected chi connectivity index (χ2v) is 6.83. The van der Waals surface area contributed by atoms with E-state index < -0.39 is 6.04 Å². The van der Waals surface area contributed by atoms with Crippen molar-refractivity contribution >= 4 is 17.8 Å². The number of hydrogen-bond acceptors (Lipinski definition) is 6. The number of anilines is 1. The van der Waals surface area contributed by atoms with Gasteiger partial charge in [0.05, 0.1) is 0 Å². The van der Waals surface area contributed by atoms with Crippen LogP contribution in [0.25, 0.3) is 0 Å². The summed E-state index contributed by atoms with van der Waals surface area (Å²) in [6, 6.07) is -0.425. The monoisotopic (exact) mass is 348 g/mol. The first-order valence-electron chi connectivity index (χ1n) is 8.49. The maximum atomic E-state index is 12.8. The highest BCUT2D eigenvalue weighted by atomic mass is 16.2. The van der Waals surface area contributed by atoms with Crippen molar-refractivity contribution in [3.05, 3.63) is 17.0 Å². The summed E-state index contributed by atoms with van der Waals surface area (Å²) in [5.74, 6) is 0.202. The van der Waals surface area contributed by atoms with E-state index in [-0.39, 0.29) is 17.8 Å². The zero-order valence-corrected chi connectivity index (χ0v) is 15.7. The molecule has 0 saturated carbocycles. The summed E-state index contributed by atoms with van der Waals surface area (Å²) in [7, 11) is 5.41. The van der Waals surface area contributed by atoms with Crippen LogP contribution in [0.5, 0.6) is 0 Å². The fraction of sp³-hybridized carbons (Fsp3) is 0.647. The Morgan fingerprint density at radius 1 is 1.20 bits per heavy atom. The van der Waals surface area contributed by atoms with Gasteiger partial charge in [-0.2, -0.15) is 0 Å². The van der Waals surface area contributed by atoms with Crippen molar-refractivity contribution in [2.24, 2.45) is 0 Å². The van der Waals surface area contributed by atoms with Crippen molar-refractivity contribution in [3.8, 4) is 0 Å². The van der Waals surface area contributed by atoms with Crippen LogP contribution in [0.2, 0.25) is 0 Å². The number of carbonyl (C=O) groups is 2. The fourth-order valence-electron chi connectivity index (χ4n) is 3.23. The van der Waals surface area contributed by atoms with Crippen molar-refractivity contribution in [1.82, 2.24) is 24.7 Å². The third-order valence-corrected chi connectivity index (χ3v) is 4.66. The number of rotatable bonds is 4. The van der Waals surface area contributed by atoms with Crippen LogP contribution in [-0.2, 0) is 16.0 Å². The topological polar surface area (TPSA) is 95.7 Å². The third-order valence-electron chi connectivity index (χ3n) is 4.66. The summed E-state index contributed by atoms with van der Waals surface area (Å²) in [5, 5.41) is 0. The number of amides is 2. The lowest BCUT2D eigenvalue weighted by atomic mass is 10.0. The molecule has 1 aromatic rings. The number of aryl methyl sites for hydroxylation is 2. The van der Waals surface area contributed by atoms with Crippen molar-refractivity contribution in [3.63, 3.8) is 0 Å². The smallest absolute Gasteiger partial charge is 0.246 e. The molecule has 2 heterocycles. The van der Waals surface area contributed by atoms with Gasteiger partial charge in [0, 0.05) is 51.5 Å². The number of carbonyl (C=O) groups excluding carboxylic acids is 2. The molecule has 8 heteroatoms. The van der Waals surface area contributed by atoms with E-state index in [0.717, 1.165) is 23.5 Å². The van der Waals surface area contributed by atoms with Crippen LogP contribution in [0.1, 0.15) is 23.4 Å². The van der Waals surface area contributed by atoms with Gasteiger partial charge in [0.25, 0.3) is 0 Å². The van der Waals surface area contributed by atoms with Crippen LogP contribution < -0.4 is 5.73 Å². The molecule has 2 amide bonds. The molecule has 0 radical (unpaired) electrons. The van der Waals surface area contributed by atoms with Gasteiger partial charge in [-0.1, -0.05) is 0 Å². The number of likely N-dealkylation sites (N-methyl/N-ethyl adjacent to an activating group) is 2. The van der Waals surface area contributed by atoms with E-state index in [9.17, 15) is 9.59 Å².